The second kappa shape index (κ2) is 2.75. The van der Waals surface area contributed by atoms with Crippen molar-refractivity contribution >= 4 is 11.6 Å². The van der Waals surface area contributed by atoms with Gasteiger partial charge in [0.15, 0.2) is 0 Å². The minimum Gasteiger partial charge on any atom is -0.340 e. The van der Waals surface area contributed by atoms with Crippen molar-refractivity contribution in [3.63, 3.8) is 0 Å². The number of rotatable bonds is 2. The zero-order valence-electron chi connectivity index (χ0n) is 7.18. The summed E-state index contributed by atoms with van der Waals surface area (Å²) in [6.07, 6.45) is 2.59. The summed E-state index contributed by atoms with van der Waals surface area (Å²) in [5, 5.41) is 3.13. The molecule has 1 aliphatic carbocycles. The predicted molar refractivity (Wildman–Crippen MR) is 50.2 cm³/mol. The van der Waals surface area contributed by atoms with Gasteiger partial charge >= 0.3 is 0 Å². The van der Waals surface area contributed by atoms with E-state index in [2.05, 4.69) is 24.5 Å². The minimum atomic E-state index is 0.393. The molecule has 0 atom stereocenters. The third kappa shape index (κ3) is 1.23. The van der Waals surface area contributed by atoms with Gasteiger partial charge in [0.25, 0.3) is 0 Å². The SMILES string of the molecule is C[NH2+]C1(c2ccc(Cl)cc2)CC1. The standard InChI is InChI=1S/C10H12ClN/c1-12-10(6-7-10)8-2-4-9(11)5-3-8/h2-5,12H,6-7H2,1H3/p+1. The molecule has 1 nitrogen and oxygen atoms in total. The second-order valence-corrected chi connectivity index (χ2v) is 3.89. The lowest BCUT2D eigenvalue weighted by atomic mass is 10.1. The van der Waals surface area contributed by atoms with Crippen molar-refractivity contribution < 1.29 is 5.32 Å². The van der Waals surface area contributed by atoms with Gasteiger partial charge in [-0.3, -0.25) is 0 Å². The number of quaternary nitrogens is 1. The number of nitrogens with two attached hydrogens (primary N) is 1. The molecule has 1 fully saturated rings. The average Bonchev–Trinajstić information content (AvgIpc) is 2.86. The van der Waals surface area contributed by atoms with Crippen LogP contribution in [0, 0.1) is 0 Å². The fourth-order valence-corrected chi connectivity index (χ4v) is 1.79. The average molecular weight is 183 g/mol. The molecular weight excluding hydrogens is 170 g/mol. The topological polar surface area (TPSA) is 16.6 Å². The second-order valence-electron chi connectivity index (χ2n) is 3.45. The maximum Gasteiger partial charge on any atom is 0.122 e. The third-order valence-corrected chi connectivity index (χ3v) is 3.01. The van der Waals surface area contributed by atoms with Crippen LogP contribution in [-0.4, -0.2) is 7.05 Å². The molecular formula is C10H13ClN+. The van der Waals surface area contributed by atoms with Gasteiger partial charge in [0.2, 0.25) is 0 Å². The molecule has 0 spiro atoms. The maximum atomic E-state index is 5.82. The highest BCUT2D eigenvalue weighted by Crippen LogP contribution is 2.41. The van der Waals surface area contributed by atoms with Crippen molar-refractivity contribution in [3.8, 4) is 0 Å². The molecule has 2 rings (SSSR count). The molecule has 2 heteroatoms. The summed E-state index contributed by atoms with van der Waals surface area (Å²) in [7, 11) is 2.14. The van der Waals surface area contributed by atoms with Crippen LogP contribution in [0.15, 0.2) is 24.3 Å². The van der Waals surface area contributed by atoms with E-state index in [1.54, 1.807) is 0 Å². The Kier molecular flexibility index (Phi) is 1.85. The van der Waals surface area contributed by atoms with Gasteiger partial charge in [-0.1, -0.05) is 23.7 Å². The molecule has 1 saturated carbocycles. The van der Waals surface area contributed by atoms with Gasteiger partial charge in [-0.25, -0.2) is 0 Å². The molecule has 0 saturated heterocycles. The Morgan fingerprint density at radius 2 is 1.83 bits per heavy atom. The molecule has 12 heavy (non-hydrogen) atoms. The molecule has 0 bridgehead atoms. The van der Waals surface area contributed by atoms with Crippen LogP contribution in [0.5, 0.6) is 0 Å². The van der Waals surface area contributed by atoms with Crippen molar-refractivity contribution in [1.82, 2.24) is 0 Å². The quantitative estimate of drug-likeness (QED) is 0.715. The van der Waals surface area contributed by atoms with Gasteiger partial charge in [-0.05, 0) is 12.1 Å². The van der Waals surface area contributed by atoms with E-state index < -0.39 is 0 Å². The molecule has 1 aromatic rings. The first-order valence-corrected chi connectivity index (χ1v) is 4.71. The summed E-state index contributed by atoms with van der Waals surface area (Å²) in [5.41, 5.74) is 1.80. The highest BCUT2D eigenvalue weighted by Gasteiger charge is 2.47. The molecule has 0 radical (unpaired) electrons. The maximum absolute atomic E-state index is 5.82. The van der Waals surface area contributed by atoms with Gasteiger partial charge in [0.05, 0.1) is 7.05 Å². The minimum absolute atomic E-state index is 0.393. The van der Waals surface area contributed by atoms with Crippen molar-refractivity contribution in [3.05, 3.63) is 34.9 Å². The monoisotopic (exact) mass is 182 g/mol. The number of benzene rings is 1. The Hall–Kier alpha value is -0.530. The summed E-state index contributed by atoms with van der Waals surface area (Å²) < 4.78 is 0. The summed E-state index contributed by atoms with van der Waals surface area (Å²) in [4.78, 5) is 0. The van der Waals surface area contributed by atoms with E-state index in [1.165, 1.54) is 18.4 Å². The Labute approximate surface area is 77.7 Å². The van der Waals surface area contributed by atoms with E-state index in [-0.39, 0.29) is 0 Å². The van der Waals surface area contributed by atoms with E-state index in [0.29, 0.717) is 5.54 Å². The smallest absolute Gasteiger partial charge is 0.122 e. The van der Waals surface area contributed by atoms with Gasteiger partial charge in [0.1, 0.15) is 5.54 Å². The lowest BCUT2D eigenvalue weighted by Crippen LogP contribution is -2.86. The van der Waals surface area contributed by atoms with Crippen molar-refractivity contribution in [2.24, 2.45) is 0 Å². The van der Waals surface area contributed by atoms with Crippen LogP contribution in [0.1, 0.15) is 18.4 Å². The fraction of sp³-hybridized carbons (Fsp3) is 0.400. The van der Waals surface area contributed by atoms with Crippen LogP contribution < -0.4 is 5.32 Å². The molecule has 1 aliphatic rings. The zero-order chi connectivity index (χ0) is 8.60. The van der Waals surface area contributed by atoms with Gasteiger partial charge in [0, 0.05) is 23.4 Å². The lowest BCUT2D eigenvalue weighted by Gasteiger charge is -2.10. The Bertz CT molecular complexity index is 274. The lowest BCUT2D eigenvalue weighted by molar-refractivity contribution is -0.686. The van der Waals surface area contributed by atoms with Crippen molar-refractivity contribution in [2.75, 3.05) is 7.05 Å². The molecule has 0 heterocycles. The first kappa shape index (κ1) is 8.09. The summed E-state index contributed by atoms with van der Waals surface area (Å²) in [6.45, 7) is 0. The first-order chi connectivity index (χ1) is 5.77. The van der Waals surface area contributed by atoms with E-state index >= 15 is 0 Å². The van der Waals surface area contributed by atoms with Crippen LogP contribution in [0.3, 0.4) is 0 Å². The summed E-state index contributed by atoms with van der Waals surface area (Å²) >= 11 is 5.82. The van der Waals surface area contributed by atoms with Crippen molar-refractivity contribution in [2.45, 2.75) is 18.4 Å². The van der Waals surface area contributed by atoms with Crippen LogP contribution in [-0.2, 0) is 5.54 Å². The van der Waals surface area contributed by atoms with E-state index in [1.807, 2.05) is 12.1 Å². The Morgan fingerprint density at radius 1 is 1.25 bits per heavy atom. The zero-order valence-corrected chi connectivity index (χ0v) is 7.93. The molecule has 0 unspecified atom stereocenters. The number of hydrogen-bond acceptors (Lipinski definition) is 0. The van der Waals surface area contributed by atoms with E-state index in [0.717, 1.165) is 5.02 Å². The normalized spacial score (nSPS) is 19.2. The van der Waals surface area contributed by atoms with Crippen LogP contribution in [0.4, 0.5) is 0 Å². The summed E-state index contributed by atoms with van der Waals surface area (Å²) in [5.74, 6) is 0. The largest absolute Gasteiger partial charge is 0.340 e. The highest BCUT2D eigenvalue weighted by atomic mass is 35.5. The molecule has 0 amide bonds. The van der Waals surface area contributed by atoms with Crippen molar-refractivity contribution in [1.29, 1.82) is 0 Å². The number of hydrogen-bond donors (Lipinski definition) is 1. The number of halogens is 1. The predicted octanol–water partition coefficient (Wildman–Crippen LogP) is 1.52. The first-order valence-electron chi connectivity index (χ1n) is 4.33. The molecule has 1 aromatic carbocycles. The Morgan fingerprint density at radius 3 is 2.25 bits per heavy atom. The third-order valence-electron chi connectivity index (χ3n) is 2.76. The van der Waals surface area contributed by atoms with Gasteiger partial charge in [-0.15, -0.1) is 0 Å². The summed E-state index contributed by atoms with van der Waals surface area (Å²) in [6, 6.07) is 8.21. The van der Waals surface area contributed by atoms with Crippen LogP contribution >= 0.6 is 11.6 Å². The molecule has 0 aromatic heterocycles. The molecule has 0 aliphatic heterocycles. The highest BCUT2D eigenvalue weighted by molar-refractivity contribution is 6.30. The van der Waals surface area contributed by atoms with E-state index in [4.69, 9.17) is 11.6 Å². The van der Waals surface area contributed by atoms with E-state index in [9.17, 15) is 0 Å². The van der Waals surface area contributed by atoms with Gasteiger partial charge < -0.3 is 5.32 Å². The molecule has 2 N–H and O–H groups in total. The Balaban J connectivity index is 2.29. The molecule has 64 valence electrons. The van der Waals surface area contributed by atoms with Gasteiger partial charge in [-0.2, -0.15) is 0 Å². The van der Waals surface area contributed by atoms with Crippen LogP contribution in [0.25, 0.3) is 0 Å². The fourth-order valence-electron chi connectivity index (χ4n) is 1.66. The van der Waals surface area contributed by atoms with Crippen LogP contribution in [0.2, 0.25) is 5.02 Å².